The van der Waals surface area contributed by atoms with Crippen molar-refractivity contribution in [3.63, 3.8) is 0 Å². The van der Waals surface area contributed by atoms with Crippen LogP contribution in [0, 0.1) is 6.92 Å². The van der Waals surface area contributed by atoms with Crippen LogP contribution in [0.2, 0.25) is 0 Å². The van der Waals surface area contributed by atoms with Crippen molar-refractivity contribution in [2.24, 2.45) is 5.73 Å². The molecule has 0 bridgehead atoms. The van der Waals surface area contributed by atoms with Gasteiger partial charge in [-0.05, 0) is 50.6 Å². The number of rotatable bonds is 5. The van der Waals surface area contributed by atoms with E-state index in [0.29, 0.717) is 24.0 Å². The van der Waals surface area contributed by atoms with Gasteiger partial charge in [-0.3, -0.25) is 0 Å². The Labute approximate surface area is 121 Å². The number of benzene rings is 1. The molecule has 20 heavy (non-hydrogen) atoms. The first-order valence-electron chi connectivity index (χ1n) is 6.93. The molecule has 5 nitrogen and oxygen atoms in total. The summed E-state index contributed by atoms with van der Waals surface area (Å²) in [6.45, 7) is 3.73. The number of nitrogens with one attached hydrogen (secondary N) is 1. The first kappa shape index (κ1) is 15.4. The van der Waals surface area contributed by atoms with Gasteiger partial charge in [0, 0.05) is 19.1 Å². The maximum atomic E-state index is 12.4. The van der Waals surface area contributed by atoms with Gasteiger partial charge >= 0.3 is 0 Å². The summed E-state index contributed by atoms with van der Waals surface area (Å²) in [5, 5.41) is 0. The second kappa shape index (κ2) is 6.22. The van der Waals surface area contributed by atoms with E-state index in [1.165, 1.54) is 0 Å². The molecule has 0 aromatic heterocycles. The second-order valence-corrected chi connectivity index (χ2v) is 7.17. The van der Waals surface area contributed by atoms with Crippen molar-refractivity contribution >= 4 is 10.0 Å². The van der Waals surface area contributed by atoms with E-state index in [1.54, 1.807) is 19.1 Å². The molecule has 2 rings (SSSR count). The summed E-state index contributed by atoms with van der Waals surface area (Å²) in [7, 11) is -1.41. The summed E-state index contributed by atoms with van der Waals surface area (Å²) in [5.74, 6) is 0. The lowest BCUT2D eigenvalue weighted by atomic mass is 10.1. The van der Waals surface area contributed by atoms with Crippen molar-refractivity contribution in [1.29, 1.82) is 0 Å². The first-order valence-corrected chi connectivity index (χ1v) is 8.42. The fraction of sp³-hybridized carbons (Fsp3) is 0.571. The molecule has 6 heteroatoms. The molecule has 1 saturated heterocycles. The van der Waals surface area contributed by atoms with Crippen molar-refractivity contribution in [2.45, 2.75) is 37.2 Å². The standard InChI is InChI=1S/C14H23N3O2S/c1-11-8-12(9-15)5-6-14(11)20(18,19)16-10-13-4-3-7-17(13)2/h5-6,8,13,16H,3-4,7,9-10,15H2,1-2H3. The molecule has 1 fully saturated rings. The van der Waals surface area contributed by atoms with Gasteiger partial charge in [0.15, 0.2) is 0 Å². The lowest BCUT2D eigenvalue weighted by molar-refractivity contribution is 0.311. The zero-order chi connectivity index (χ0) is 14.8. The van der Waals surface area contributed by atoms with Gasteiger partial charge in [0.1, 0.15) is 0 Å². The summed E-state index contributed by atoms with van der Waals surface area (Å²) in [6.07, 6.45) is 2.18. The van der Waals surface area contributed by atoms with Crippen LogP contribution in [-0.2, 0) is 16.6 Å². The van der Waals surface area contributed by atoms with Crippen molar-refractivity contribution in [3.05, 3.63) is 29.3 Å². The van der Waals surface area contributed by atoms with E-state index in [1.807, 2.05) is 13.1 Å². The fourth-order valence-electron chi connectivity index (χ4n) is 2.66. The van der Waals surface area contributed by atoms with E-state index in [2.05, 4.69) is 9.62 Å². The number of hydrogen-bond donors (Lipinski definition) is 2. The third kappa shape index (κ3) is 3.38. The summed E-state index contributed by atoms with van der Waals surface area (Å²) in [6, 6.07) is 5.53. The predicted octanol–water partition coefficient (Wildman–Crippen LogP) is 0.826. The third-order valence-corrected chi connectivity index (χ3v) is 5.53. The Balaban J connectivity index is 2.10. The van der Waals surface area contributed by atoms with Gasteiger partial charge in [-0.15, -0.1) is 0 Å². The molecule has 1 aliphatic rings. The number of likely N-dealkylation sites (tertiary alicyclic amines) is 1. The molecule has 112 valence electrons. The van der Waals surface area contributed by atoms with Gasteiger partial charge in [-0.2, -0.15) is 0 Å². The summed E-state index contributed by atoms with van der Waals surface area (Å²) >= 11 is 0. The van der Waals surface area contributed by atoms with Gasteiger partial charge in [0.2, 0.25) is 10.0 Å². The lowest BCUT2D eigenvalue weighted by Crippen LogP contribution is -2.38. The number of hydrogen-bond acceptors (Lipinski definition) is 4. The minimum atomic E-state index is -3.44. The van der Waals surface area contributed by atoms with Crippen LogP contribution in [0.5, 0.6) is 0 Å². The van der Waals surface area contributed by atoms with Crippen LogP contribution in [-0.4, -0.2) is 39.5 Å². The Morgan fingerprint density at radius 1 is 1.45 bits per heavy atom. The minimum Gasteiger partial charge on any atom is -0.326 e. The molecule has 1 aliphatic heterocycles. The third-order valence-electron chi connectivity index (χ3n) is 3.95. The number of nitrogens with zero attached hydrogens (tertiary/aromatic N) is 1. The lowest BCUT2D eigenvalue weighted by Gasteiger charge is -2.20. The van der Waals surface area contributed by atoms with Crippen molar-refractivity contribution in [2.75, 3.05) is 20.1 Å². The summed E-state index contributed by atoms with van der Waals surface area (Å²) < 4.78 is 27.4. The Morgan fingerprint density at radius 3 is 2.75 bits per heavy atom. The Bertz CT molecular complexity index is 572. The smallest absolute Gasteiger partial charge is 0.240 e. The van der Waals surface area contributed by atoms with Gasteiger partial charge in [-0.1, -0.05) is 12.1 Å². The molecule has 1 atom stereocenters. The number of nitrogens with two attached hydrogens (primary N) is 1. The molecule has 1 aromatic carbocycles. The normalized spacial score (nSPS) is 20.4. The minimum absolute atomic E-state index is 0.299. The molecule has 1 heterocycles. The van der Waals surface area contributed by atoms with Gasteiger partial charge < -0.3 is 10.6 Å². The molecular weight excluding hydrogens is 274 g/mol. The molecule has 0 amide bonds. The molecule has 1 aromatic rings. The highest BCUT2D eigenvalue weighted by Crippen LogP contribution is 2.18. The topological polar surface area (TPSA) is 75.4 Å². The highest BCUT2D eigenvalue weighted by Gasteiger charge is 2.24. The Morgan fingerprint density at radius 2 is 2.20 bits per heavy atom. The fourth-order valence-corrected chi connectivity index (χ4v) is 3.96. The van der Waals surface area contributed by atoms with E-state index < -0.39 is 10.0 Å². The number of aryl methyl sites for hydroxylation is 1. The van der Waals surface area contributed by atoms with Gasteiger partial charge in [0.05, 0.1) is 4.90 Å². The first-order chi connectivity index (χ1) is 9.44. The molecule has 0 saturated carbocycles. The van der Waals surface area contributed by atoms with Crippen molar-refractivity contribution in [1.82, 2.24) is 9.62 Å². The van der Waals surface area contributed by atoms with Crippen molar-refractivity contribution in [3.8, 4) is 0 Å². The molecule has 0 aliphatic carbocycles. The second-order valence-electron chi connectivity index (χ2n) is 5.43. The van der Waals surface area contributed by atoms with E-state index in [9.17, 15) is 8.42 Å². The molecular formula is C14H23N3O2S. The van der Waals surface area contributed by atoms with E-state index in [-0.39, 0.29) is 0 Å². The highest BCUT2D eigenvalue weighted by atomic mass is 32.2. The molecule has 3 N–H and O–H groups in total. The average Bonchev–Trinajstić information content (AvgIpc) is 2.81. The van der Waals surface area contributed by atoms with E-state index in [4.69, 9.17) is 5.73 Å². The van der Waals surface area contributed by atoms with Gasteiger partial charge in [0.25, 0.3) is 0 Å². The molecule has 1 unspecified atom stereocenters. The van der Waals surface area contributed by atoms with Crippen LogP contribution in [0.3, 0.4) is 0 Å². The number of sulfonamides is 1. The van der Waals surface area contributed by atoms with E-state index in [0.717, 1.165) is 30.5 Å². The van der Waals surface area contributed by atoms with Crippen LogP contribution >= 0.6 is 0 Å². The van der Waals surface area contributed by atoms with Crippen LogP contribution in [0.1, 0.15) is 24.0 Å². The molecule has 0 spiro atoms. The maximum absolute atomic E-state index is 12.4. The monoisotopic (exact) mass is 297 g/mol. The largest absolute Gasteiger partial charge is 0.326 e. The SMILES string of the molecule is Cc1cc(CN)ccc1S(=O)(=O)NCC1CCCN1C. The van der Waals surface area contributed by atoms with Crippen LogP contribution < -0.4 is 10.5 Å². The zero-order valence-corrected chi connectivity index (χ0v) is 12.9. The van der Waals surface area contributed by atoms with Crippen LogP contribution in [0.4, 0.5) is 0 Å². The Kier molecular flexibility index (Phi) is 4.80. The van der Waals surface area contributed by atoms with Crippen LogP contribution in [0.25, 0.3) is 0 Å². The van der Waals surface area contributed by atoms with Gasteiger partial charge in [-0.25, -0.2) is 13.1 Å². The summed E-state index contributed by atoms with van der Waals surface area (Å²) in [5.41, 5.74) is 7.24. The Hall–Kier alpha value is -0.950. The number of likely N-dealkylation sites (N-methyl/N-ethyl adjacent to an activating group) is 1. The summed E-state index contributed by atoms with van der Waals surface area (Å²) in [4.78, 5) is 2.54. The van der Waals surface area contributed by atoms with Crippen LogP contribution in [0.15, 0.2) is 23.1 Å². The average molecular weight is 297 g/mol. The maximum Gasteiger partial charge on any atom is 0.240 e. The molecule has 0 radical (unpaired) electrons. The predicted molar refractivity (Wildman–Crippen MR) is 79.9 cm³/mol. The van der Waals surface area contributed by atoms with E-state index >= 15 is 0 Å². The highest BCUT2D eigenvalue weighted by molar-refractivity contribution is 7.89. The zero-order valence-electron chi connectivity index (χ0n) is 12.1. The quantitative estimate of drug-likeness (QED) is 0.844. The van der Waals surface area contributed by atoms with Crippen molar-refractivity contribution < 1.29 is 8.42 Å².